The van der Waals surface area contributed by atoms with Crippen LogP contribution in [-0.2, 0) is 4.79 Å². The molecule has 0 saturated heterocycles. The number of ether oxygens (including phenoxy) is 3. The molecule has 6 heteroatoms. The summed E-state index contributed by atoms with van der Waals surface area (Å²) in [6, 6.07) is 12.9. The Labute approximate surface area is 159 Å². The van der Waals surface area contributed by atoms with Crippen molar-refractivity contribution in [1.29, 1.82) is 0 Å². The summed E-state index contributed by atoms with van der Waals surface area (Å²) in [5.41, 5.74) is 1.79. The van der Waals surface area contributed by atoms with Gasteiger partial charge in [0.05, 0.1) is 14.2 Å². The molecule has 0 heterocycles. The molecule has 0 radical (unpaired) electrons. The van der Waals surface area contributed by atoms with Crippen LogP contribution in [0.4, 0.5) is 0 Å². The number of aliphatic hydroxyl groups is 1. The summed E-state index contributed by atoms with van der Waals surface area (Å²) in [7, 11) is 3.12. The Hall–Kier alpha value is -2.99. The standard InChI is InChI=1S/C21H25NO5/c1-15-6-4-5-7-18(15)27-14-17(23)13-22-21(24)11-9-16-8-10-19(25-2)20(12-16)26-3/h4-12,17,23H,13-14H2,1-3H3,(H,22,24)/b11-9+. The zero-order valence-corrected chi connectivity index (χ0v) is 15.8. The molecule has 144 valence electrons. The predicted octanol–water partition coefficient (Wildman–Crippen LogP) is 2.58. The van der Waals surface area contributed by atoms with Gasteiger partial charge in [0.15, 0.2) is 11.5 Å². The lowest BCUT2D eigenvalue weighted by molar-refractivity contribution is -0.117. The van der Waals surface area contributed by atoms with E-state index in [0.717, 1.165) is 16.9 Å². The molecule has 2 N–H and O–H groups in total. The van der Waals surface area contributed by atoms with Gasteiger partial charge in [0.25, 0.3) is 0 Å². The number of aryl methyl sites for hydroxylation is 1. The summed E-state index contributed by atoms with van der Waals surface area (Å²) in [6.45, 7) is 2.13. The quantitative estimate of drug-likeness (QED) is 0.663. The predicted molar refractivity (Wildman–Crippen MR) is 104 cm³/mol. The lowest BCUT2D eigenvalue weighted by atomic mass is 10.2. The van der Waals surface area contributed by atoms with E-state index in [1.165, 1.54) is 6.08 Å². The van der Waals surface area contributed by atoms with Crippen molar-refractivity contribution >= 4 is 12.0 Å². The molecular formula is C21H25NO5. The van der Waals surface area contributed by atoms with Crippen molar-refractivity contribution in [2.24, 2.45) is 0 Å². The Balaban J connectivity index is 1.80. The number of aliphatic hydroxyl groups excluding tert-OH is 1. The SMILES string of the molecule is COc1ccc(/C=C/C(=O)NCC(O)COc2ccccc2C)cc1OC. The summed E-state index contributed by atoms with van der Waals surface area (Å²) in [5.74, 6) is 1.62. The minimum absolute atomic E-state index is 0.0982. The third-order valence-corrected chi connectivity index (χ3v) is 3.87. The molecule has 0 aliphatic carbocycles. The van der Waals surface area contributed by atoms with Crippen LogP contribution in [0.3, 0.4) is 0 Å². The Morgan fingerprint density at radius 3 is 2.56 bits per heavy atom. The molecule has 0 fully saturated rings. The lowest BCUT2D eigenvalue weighted by Crippen LogP contribution is -2.34. The normalized spacial score (nSPS) is 11.9. The Kier molecular flexibility index (Phi) is 7.70. The third kappa shape index (κ3) is 6.34. The van der Waals surface area contributed by atoms with E-state index in [0.29, 0.717) is 11.5 Å². The highest BCUT2D eigenvalue weighted by Gasteiger charge is 2.08. The molecule has 0 saturated carbocycles. The summed E-state index contributed by atoms with van der Waals surface area (Å²) < 4.78 is 16.0. The van der Waals surface area contributed by atoms with Crippen LogP contribution in [0.5, 0.6) is 17.2 Å². The van der Waals surface area contributed by atoms with Gasteiger partial charge in [0.2, 0.25) is 5.91 Å². The molecule has 1 amide bonds. The zero-order chi connectivity index (χ0) is 19.6. The molecule has 0 aliphatic heterocycles. The highest BCUT2D eigenvalue weighted by molar-refractivity contribution is 5.91. The number of hydrogen-bond acceptors (Lipinski definition) is 5. The highest BCUT2D eigenvalue weighted by atomic mass is 16.5. The number of para-hydroxylation sites is 1. The molecule has 0 aromatic heterocycles. The van der Waals surface area contributed by atoms with Crippen molar-refractivity contribution in [3.8, 4) is 17.2 Å². The van der Waals surface area contributed by atoms with Crippen molar-refractivity contribution in [3.05, 3.63) is 59.7 Å². The van der Waals surface area contributed by atoms with Crippen molar-refractivity contribution in [3.63, 3.8) is 0 Å². The van der Waals surface area contributed by atoms with Crippen LogP contribution >= 0.6 is 0 Å². The van der Waals surface area contributed by atoms with Gasteiger partial charge in [-0.05, 0) is 42.3 Å². The second kappa shape index (κ2) is 10.2. The number of methoxy groups -OCH3 is 2. The first-order chi connectivity index (χ1) is 13.0. The smallest absolute Gasteiger partial charge is 0.244 e. The average Bonchev–Trinajstić information content (AvgIpc) is 2.69. The maximum Gasteiger partial charge on any atom is 0.244 e. The van der Waals surface area contributed by atoms with Crippen LogP contribution < -0.4 is 19.5 Å². The first kappa shape index (κ1) is 20.3. The van der Waals surface area contributed by atoms with Gasteiger partial charge in [-0.1, -0.05) is 24.3 Å². The molecule has 1 atom stereocenters. The van der Waals surface area contributed by atoms with Crippen LogP contribution in [-0.4, -0.2) is 44.5 Å². The minimum atomic E-state index is -0.803. The topological polar surface area (TPSA) is 77.0 Å². The van der Waals surface area contributed by atoms with Crippen LogP contribution in [0.15, 0.2) is 48.5 Å². The van der Waals surface area contributed by atoms with Crippen molar-refractivity contribution < 1.29 is 24.1 Å². The fourth-order valence-electron chi connectivity index (χ4n) is 2.37. The number of carbonyl (C=O) groups is 1. The van der Waals surface area contributed by atoms with E-state index in [1.807, 2.05) is 37.3 Å². The molecule has 6 nitrogen and oxygen atoms in total. The van der Waals surface area contributed by atoms with Gasteiger partial charge in [0.1, 0.15) is 18.5 Å². The van der Waals surface area contributed by atoms with Crippen LogP contribution in [0.1, 0.15) is 11.1 Å². The van der Waals surface area contributed by atoms with Gasteiger partial charge in [-0.3, -0.25) is 4.79 Å². The van der Waals surface area contributed by atoms with Crippen LogP contribution in [0, 0.1) is 6.92 Å². The van der Waals surface area contributed by atoms with Crippen LogP contribution in [0.2, 0.25) is 0 Å². The molecule has 0 bridgehead atoms. The fourth-order valence-corrected chi connectivity index (χ4v) is 2.37. The number of rotatable bonds is 9. The first-order valence-corrected chi connectivity index (χ1v) is 8.58. The third-order valence-electron chi connectivity index (χ3n) is 3.87. The van der Waals surface area contributed by atoms with Gasteiger partial charge in [0, 0.05) is 12.6 Å². The van der Waals surface area contributed by atoms with Gasteiger partial charge in [-0.2, -0.15) is 0 Å². The number of benzene rings is 2. The van der Waals surface area contributed by atoms with E-state index >= 15 is 0 Å². The summed E-state index contributed by atoms with van der Waals surface area (Å²) in [6.07, 6.45) is 2.26. The second-order valence-electron chi connectivity index (χ2n) is 5.92. The van der Waals surface area contributed by atoms with Crippen molar-refractivity contribution in [2.45, 2.75) is 13.0 Å². The van der Waals surface area contributed by atoms with E-state index in [9.17, 15) is 9.90 Å². The van der Waals surface area contributed by atoms with Crippen molar-refractivity contribution in [1.82, 2.24) is 5.32 Å². The average molecular weight is 371 g/mol. The monoisotopic (exact) mass is 371 g/mol. The Bertz CT molecular complexity index is 788. The molecule has 1 unspecified atom stereocenters. The summed E-state index contributed by atoms with van der Waals surface area (Å²) in [5, 5.41) is 12.6. The number of nitrogens with one attached hydrogen (secondary N) is 1. The maximum absolute atomic E-state index is 11.9. The number of hydrogen-bond donors (Lipinski definition) is 2. The zero-order valence-electron chi connectivity index (χ0n) is 15.8. The van der Waals surface area contributed by atoms with Crippen molar-refractivity contribution in [2.75, 3.05) is 27.4 Å². The van der Waals surface area contributed by atoms with Gasteiger partial charge in [-0.25, -0.2) is 0 Å². The van der Waals surface area contributed by atoms with E-state index in [1.54, 1.807) is 32.4 Å². The Morgan fingerprint density at radius 2 is 1.85 bits per heavy atom. The van der Waals surface area contributed by atoms with E-state index in [4.69, 9.17) is 14.2 Å². The molecule has 2 aromatic carbocycles. The highest BCUT2D eigenvalue weighted by Crippen LogP contribution is 2.27. The maximum atomic E-state index is 11.9. The summed E-state index contributed by atoms with van der Waals surface area (Å²) in [4.78, 5) is 11.9. The fraction of sp³-hybridized carbons (Fsp3) is 0.286. The molecule has 27 heavy (non-hydrogen) atoms. The molecule has 2 rings (SSSR count). The van der Waals surface area contributed by atoms with E-state index in [2.05, 4.69) is 5.32 Å². The molecule has 2 aromatic rings. The molecule has 0 spiro atoms. The first-order valence-electron chi connectivity index (χ1n) is 8.58. The van der Waals surface area contributed by atoms with E-state index in [-0.39, 0.29) is 19.1 Å². The van der Waals surface area contributed by atoms with E-state index < -0.39 is 6.10 Å². The minimum Gasteiger partial charge on any atom is -0.493 e. The molecular weight excluding hydrogens is 346 g/mol. The van der Waals surface area contributed by atoms with Gasteiger partial charge >= 0.3 is 0 Å². The summed E-state index contributed by atoms with van der Waals surface area (Å²) >= 11 is 0. The molecule has 0 aliphatic rings. The van der Waals surface area contributed by atoms with Gasteiger partial charge in [-0.15, -0.1) is 0 Å². The number of carbonyl (C=O) groups excluding carboxylic acids is 1. The van der Waals surface area contributed by atoms with Gasteiger partial charge < -0.3 is 24.6 Å². The Morgan fingerprint density at radius 1 is 1.11 bits per heavy atom. The van der Waals surface area contributed by atoms with Crippen LogP contribution in [0.25, 0.3) is 6.08 Å². The number of amides is 1. The second-order valence-corrected chi connectivity index (χ2v) is 5.92. The largest absolute Gasteiger partial charge is 0.493 e. The lowest BCUT2D eigenvalue weighted by Gasteiger charge is -2.14.